The summed E-state index contributed by atoms with van der Waals surface area (Å²) >= 11 is 0. The molecule has 0 amide bonds. The molecule has 0 N–H and O–H groups in total. The second-order valence-electron chi connectivity index (χ2n) is 5.30. The van der Waals surface area contributed by atoms with Crippen molar-refractivity contribution in [2.75, 3.05) is 32.2 Å². The molecule has 2 aromatic carbocycles. The quantitative estimate of drug-likeness (QED) is 0.498. The standard InChI is InChI=1S/C17H20N2O7S/c1-5-18(14-10-12(19(20)21)6-8-15(14)24-2)27(22,23)13-7-9-16(25-3)17(11-13)26-4/h6-11H,5H2,1-4H3. The number of benzene rings is 2. The van der Waals surface area contributed by atoms with Crippen molar-refractivity contribution in [2.45, 2.75) is 11.8 Å². The van der Waals surface area contributed by atoms with E-state index >= 15 is 0 Å². The largest absolute Gasteiger partial charge is 0.495 e. The summed E-state index contributed by atoms with van der Waals surface area (Å²) in [4.78, 5) is 10.5. The molecule has 0 radical (unpaired) electrons. The first kappa shape index (κ1) is 20.3. The SMILES string of the molecule is CCN(c1cc([N+](=O)[O-])ccc1OC)S(=O)(=O)c1ccc(OC)c(OC)c1. The van der Waals surface area contributed by atoms with Crippen molar-refractivity contribution in [2.24, 2.45) is 0 Å². The predicted molar refractivity (Wildman–Crippen MR) is 99.4 cm³/mol. The van der Waals surface area contributed by atoms with Gasteiger partial charge in [-0.05, 0) is 25.1 Å². The van der Waals surface area contributed by atoms with Gasteiger partial charge < -0.3 is 14.2 Å². The summed E-state index contributed by atoms with van der Waals surface area (Å²) in [6.45, 7) is 1.66. The monoisotopic (exact) mass is 396 g/mol. The van der Waals surface area contributed by atoms with E-state index in [1.165, 1.54) is 57.7 Å². The van der Waals surface area contributed by atoms with E-state index in [4.69, 9.17) is 14.2 Å². The zero-order valence-corrected chi connectivity index (χ0v) is 16.1. The zero-order chi connectivity index (χ0) is 20.2. The molecular weight excluding hydrogens is 376 g/mol. The molecule has 0 aliphatic rings. The molecule has 2 rings (SSSR count). The Morgan fingerprint density at radius 1 is 0.963 bits per heavy atom. The van der Waals surface area contributed by atoms with Gasteiger partial charge >= 0.3 is 0 Å². The number of ether oxygens (including phenoxy) is 3. The van der Waals surface area contributed by atoms with Crippen LogP contribution in [0.3, 0.4) is 0 Å². The first-order valence-corrected chi connectivity index (χ1v) is 9.31. The summed E-state index contributed by atoms with van der Waals surface area (Å²) in [5, 5.41) is 11.1. The van der Waals surface area contributed by atoms with Gasteiger partial charge in [-0.25, -0.2) is 8.42 Å². The van der Waals surface area contributed by atoms with Gasteiger partial charge in [-0.3, -0.25) is 14.4 Å². The predicted octanol–water partition coefficient (Wildman–Crippen LogP) is 2.84. The lowest BCUT2D eigenvalue weighted by Gasteiger charge is -2.24. The van der Waals surface area contributed by atoms with Crippen LogP contribution in [0.5, 0.6) is 17.2 Å². The van der Waals surface area contributed by atoms with Gasteiger partial charge in [0.25, 0.3) is 15.7 Å². The highest BCUT2D eigenvalue weighted by Gasteiger charge is 2.28. The van der Waals surface area contributed by atoms with Gasteiger partial charge in [-0.15, -0.1) is 0 Å². The normalized spacial score (nSPS) is 11.0. The average Bonchev–Trinajstić information content (AvgIpc) is 2.67. The van der Waals surface area contributed by atoms with Crippen molar-refractivity contribution in [1.29, 1.82) is 0 Å². The molecule has 0 atom stereocenters. The molecule has 2 aromatic rings. The molecule has 0 saturated heterocycles. The van der Waals surface area contributed by atoms with Crippen LogP contribution in [0.15, 0.2) is 41.3 Å². The second kappa shape index (κ2) is 8.12. The van der Waals surface area contributed by atoms with E-state index in [1.54, 1.807) is 6.92 Å². The maximum absolute atomic E-state index is 13.2. The summed E-state index contributed by atoms with van der Waals surface area (Å²) in [5.41, 5.74) is -0.171. The minimum Gasteiger partial charge on any atom is -0.495 e. The van der Waals surface area contributed by atoms with Gasteiger partial charge in [0.2, 0.25) is 0 Å². The first-order chi connectivity index (χ1) is 12.8. The third-order valence-electron chi connectivity index (χ3n) is 3.87. The smallest absolute Gasteiger partial charge is 0.271 e. The van der Waals surface area contributed by atoms with Gasteiger partial charge in [-0.2, -0.15) is 0 Å². The Labute approximate surface area is 157 Å². The summed E-state index contributed by atoms with van der Waals surface area (Å²) in [6, 6.07) is 7.97. The Morgan fingerprint density at radius 3 is 2.07 bits per heavy atom. The molecule has 0 spiro atoms. The maximum Gasteiger partial charge on any atom is 0.271 e. The molecule has 10 heteroatoms. The van der Waals surface area contributed by atoms with Gasteiger partial charge in [0.15, 0.2) is 11.5 Å². The van der Waals surface area contributed by atoms with Gasteiger partial charge in [-0.1, -0.05) is 0 Å². The fourth-order valence-corrected chi connectivity index (χ4v) is 4.05. The molecule has 0 heterocycles. The lowest BCUT2D eigenvalue weighted by molar-refractivity contribution is -0.384. The van der Waals surface area contributed by atoms with Crippen LogP contribution in [-0.4, -0.2) is 41.2 Å². The van der Waals surface area contributed by atoms with E-state index in [0.29, 0.717) is 5.75 Å². The summed E-state index contributed by atoms with van der Waals surface area (Å²) < 4.78 is 42.9. The number of methoxy groups -OCH3 is 3. The van der Waals surface area contributed by atoms with E-state index in [0.717, 1.165) is 4.31 Å². The third-order valence-corrected chi connectivity index (χ3v) is 5.76. The van der Waals surface area contributed by atoms with Crippen molar-refractivity contribution in [3.8, 4) is 17.2 Å². The number of nitro groups is 1. The molecule has 27 heavy (non-hydrogen) atoms. The Kier molecular flexibility index (Phi) is 6.11. The number of hydrogen-bond acceptors (Lipinski definition) is 7. The number of sulfonamides is 1. The second-order valence-corrected chi connectivity index (χ2v) is 7.16. The average molecular weight is 396 g/mol. The molecule has 0 saturated carbocycles. The first-order valence-electron chi connectivity index (χ1n) is 7.87. The maximum atomic E-state index is 13.2. The lowest BCUT2D eigenvalue weighted by atomic mass is 10.2. The lowest BCUT2D eigenvalue weighted by Crippen LogP contribution is -2.31. The molecule has 0 aliphatic carbocycles. The molecule has 0 aliphatic heterocycles. The summed E-state index contributed by atoms with van der Waals surface area (Å²) in [7, 11) is 0.162. The number of nitro benzene ring substituents is 1. The molecule has 146 valence electrons. The van der Waals surface area contributed by atoms with E-state index < -0.39 is 14.9 Å². The Hall–Kier alpha value is -3.01. The van der Waals surface area contributed by atoms with Crippen LogP contribution in [0, 0.1) is 10.1 Å². The summed E-state index contributed by atoms with van der Waals surface area (Å²) in [5.74, 6) is 0.833. The number of rotatable bonds is 8. The van der Waals surface area contributed by atoms with Crippen molar-refractivity contribution in [3.05, 3.63) is 46.5 Å². The van der Waals surface area contributed by atoms with Crippen LogP contribution in [0.4, 0.5) is 11.4 Å². The van der Waals surface area contributed by atoms with Crippen LogP contribution in [-0.2, 0) is 10.0 Å². The Bertz CT molecular complexity index is 944. The highest BCUT2D eigenvalue weighted by atomic mass is 32.2. The number of nitrogens with zero attached hydrogens (tertiary/aromatic N) is 2. The molecule has 0 bridgehead atoms. The highest BCUT2D eigenvalue weighted by molar-refractivity contribution is 7.92. The Morgan fingerprint density at radius 2 is 1.56 bits per heavy atom. The number of non-ortho nitro benzene ring substituents is 1. The topological polar surface area (TPSA) is 108 Å². The zero-order valence-electron chi connectivity index (χ0n) is 15.3. The molecular formula is C17H20N2O7S. The fraction of sp³-hybridized carbons (Fsp3) is 0.294. The van der Waals surface area contributed by atoms with E-state index in [-0.39, 0.29) is 34.3 Å². The van der Waals surface area contributed by atoms with Crippen molar-refractivity contribution < 1.29 is 27.6 Å². The van der Waals surface area contributed by atoms with Crippen LogP contribution < -0.4 is 18.5 Å². The third kappa shape index (κ3) is 3.90. The van der Waals surface area contributed by atoms with E-state index in [2.05, 4.69) is 0 Å². The fourth-order valence-electron chi connectivity index (χ4n) is 2.56. The number of hydrogen-bond donors (Lipinski definition) is 0. The van der Waals surface area contributed by atoms with Crippen molar-refractivity contribution in [3.63, 3.8) is 0 Å². The number of anilines is 1. The molecule has 9 nitrogen and oxygen atoms in total. The molecule has 0 unspecified atom stereocenters. The van der Waals surface area contributed by atoms with Crippen LogP contribution >= 0.6 is 0 Å². The highest BCUT2D eigenvalue weighted by Crippen LogP contribution is 2.37. The van der Waals surface area contributed by atoms with Crippen LogP contribution in [0.1, 0.15) is 6.92 Å². The van der Waals surface area contributed by atoms with E-state index in [1.807, 2.05) is 0 Å². The van der Waals surface area contributed by atoms with Crippen LogP contribution in [0.2, 0.25) is 0 Å². The van der Waals surface area contributed by atoms with Crippen molar-refractivity contribution >= 4 is 21.4 Å². The van der Waals surface area contributed by atoms with Gasteiger partial charge in [0, 0.05) is 24.7 Å². The van der Waals surface area contributed by atoms with Crippen LogP contribution in [0.25, 0.3) is 0 Å². The molecule has 0 aromatic heterocycles. The Balaban J connectivity index is 2.63. The summed E-state index contributed by atoms with van der Waals surface area (Å²) in [6.07, 6.45) is 0. The van der Waals surface area contributed by atoms with Crippen molar-refractivity contribution in [1.82, 2.24) is 0 Å². The van der Waals surface area contributed by atoms with E-state index in [9.17, 15) is 18.5 Å². The van der Waals surface area contributed by atoms with Gasteiger partial charge in [0.05, 0.1) is 31.1 Å². The molecule has 0 fully saturated rings. The van der Waals surface area contributed by atoms with Gasteiger partial charge in [0.1, 0.15) is 11.4 Å². The minimum absolute atomic E-state index is 0.0359. The minimum atomic E-state index is -4.04.